The lowest BCUT2D eigenvalue weighted by atomic mass is 10.1. The maximum Gasteiger partial charge on any atom is 0.328 e. The fourth-order valence-electron chi connectivity index (χ4n) is 0.747. The van der Waals surface area contributed by atoms with Crippen LogP contribution in [0.25, 0.3) is 0 Å². The third kappa shape index (κ3) is 5.15. The smallest absolute Gasteiger partial charge is 0.328 e. The molecule has 0 aromatic carbocycles. The lowest BCUT2D eigenvalue weighted by Crippen LogP contribution is -1.91. The third-order valence-corrected chi connectivity index (χ3v) is 1.14. The summed E-state index contributed by atoms with van der Waals surface area (Å²) in [6.45, 7) is 7.04. The van der Waals surface area contributed by atoms with Crippen molar-refractivity contribution in [2.75, 3.05) is 0 Å². The van der Waals surface area contributed by atoms with Gasteiger partial charge in [-0.2, -0.15) is 0 Å². The summed E-state index contributed by atoms with van der Waals surface area (Å²) < 4.78 is 0. The van der Waals surface area contributed by atoms with Crippen LogP contribution in [-0.2, 0) is 4.79 Å². The third-order valence-electron chi connectivity index (χ3n) is 1.14. The molecule has 0 aliphatic heterocycles. The molecule has 0 rings (SSSR count). The van der Waals surface area contributed by atoms with E-state index in [9.17, 15) is 4.79 Å². The second-order valence-corrected chi connectivity index (χ2v) is 2.13. The van der Waals surface area contributed by atoms with Gasteiger partial charge in [0.2, 0.25) is 0 Å². The van der Waals surface area contributed by atoms with Gasteiger partial charge < -0.3 is 5.11 Å². The number of carbonyl (C=O) groups is 1. The lowest BCUT2D eigenvalue weighted by Gasteiger charge is -1.96. The number of carboxylic acid groups (broad SMARTS) is 1. The molecule has 0 radical (unpaired) electrons. The topological polar surface area (TPSA) is 37.3 Å². The fourth-order valence-corrected chi connectivity index (χ4v) is 0.747. The maximum atomic E-state index is 10.2. The first-order valence-corrected chi connectivity index (χ1v) is 3.35. The van der Waals surface area contributed by atoms with E-state index < -0.39 is 5.97 Å². The monoisotopic (exact) mass is 152 g/mol. The predicted molar refractivity (Wildman–Crippen MR) is 45.3 cm³/mol. The average molecular weight is 152 g/mol. The number of hydrogen-bond acceptors (Lipinski definition) is 1. The quantitative estimate of drug-likeness (QED) is 0.484. The standard InChI is InChI=1S/C9H12O2/c1-3-5-8(6-4-2)7-9(10)11/h3-4,7H,1-2,5-6H2,(H,10,11). The van der Waals surface area contributed by atoms with Crippen molar-refractivity contribution in [1.82, 2.24) is 0 Å². The van der Waals surface area contributed by atoms with E-state index in [0.29, 0.717) is 12.8 Å². The summed E-state index contributed by atoms with van der Waals surface area (Å²) in [5.74, 6) is -0.913. The molecule has 0 atom stereocenters. The lowest BCUT2D eigenvalue weighted by molar-refractivity contribution is -0.131. The van der Waals surface area contributed by atoms with Crippen LogP contribution in [-0.4, -0.2) is 11.1 Å². The highest BCUT2D eigenvalue weighted by Gasteiger charge is 1.95. The Hall–Kier alpha value is -1.31. The molecule has 0 saturated heterocycles. The summed E-state index contributed by atoms with van der Waals surface area (Å²) in [5, 5.41) is 8.39. The van der Waals surface area contributed by atoms with Crippen LogP contribution < -0.4 is 0 Å². The van der Waals surface area contributed by atoms with E-state index in [-0.39, 0.29) is 0 Å². The Labute approximate surface area is 66.5 Å². The van der Waals surface area contributed by atoms with Gasteiger partial charge in [0.05, 0.1) is 0 Å². The predicted octanol–water partition coefficient (Wildman–Crippen LogP) is 2.15. The van der Waals surface area contributed by atoms with Crippen molar-refractivity contribution in [3.8, 4) is 0 Å². The highest BCUT2D eigenvalue weighted by Crippen LogP contribution is 2.07. The molecule has 0 aromatic heterocycles. The molecule has 2 heteroatoms. The summed E-state index contributed by atoms with van der Waals surface area (Å²) in [7, 11) is 0. The molecule has 0 heterocycles. The van der Waals surface area contributed by atoms with Crippen LogP contribution in [0.1, 0.15) is 12.8 Å². The molecule has 2 nitrogen and oxygen atoms in total. The van der Waals surface area contributed by atoms with Crippen molar-refractivity contribution in [2.45, 2.75) is 12.8 Å². The van der Waals surface area contributed by atoms with Crippen LogP contribution in [0.5, 0.6) is 0 Å². The van der Waals surface area contributed by atoms with Crippen LogP contribution >= 0.6 is 0 Å². The van der Waals surface area contributed by atoms with Gasteiger partial charge in [-0.15, -0.1) is 13.2 Å². The Morgan fingerprint density at radius 3 is 2.00 bits per heavy atom. The molecule has 1 N–H and O–H groups in total. The second kappa shape index (κ2) is 5.47. The highest BCUT2D eigenvalue weighted by atomic mass is 16.4. The van der Waals surface area contributed by atoms with Crippen LogP contribution in [0, 0.1) is 0 Å². The molecule has 0 unspecified atom stereocenters. The van der Waals surface area contributed by atoms with E-state index in [2.05, 4.69) is 13.2 Å². The molecule has 0 aliphatic rings. The normalized spacial score (nSPS) is 8.36. The molecule has 0 spiro atoms. The first-order valence-electron chi connectivity index (χ1n) is 3.35. The van der Waals surface area contributed by atoms with E-state index in [1.54, 1.807) is 12.2 Å². The Kier molecular flexibility index (Phi) is 4.82. The first-order chi connectivity index (χ1) is 5.20. The Morgan fingerprint density at radius 1 is 1.27 bits per heavy atom. The van der Waals surface area contributed by atoms with Gasteiger partial charge in [0.15, 0.2) is 0 Å². The molecule has 0 fully saturated rings. The van der Waals surface area contributed by atoms with Crippen LogP contribution in [0.2, 0.25) is 0 Å². The zero-order valence-corrected chi connectivity index (χ0v) is 6.42. The Morgan fingerprint density at radius 2 is 1.73 bits per heavy atom. The van der Waals surface area contributed by atoms with Crippen molar-refractivity contribution < 1.29 is 9.90 Å². The Bertz CT molecular complexity index is 178. The van der Waals surface area contributed by atoms with Gasteiger partial charge >= 0.3 is 5.97 Å². The minimum Gasteiger partial charge on any atom is -0.478 e. The average Bonchev–Trinajstić information content (AvgIpc) is 1.87. The van der Waals surface area contributed by atoms with E-state index in [1.807, 2.05) is 0 Å². The molecule has 60 valence electrons. The molecule has 11 heavy (non-hydrogen) atoms. The van der Waals surface area contributed by atoms with Crippen molar-refractivity contribution >= 4 is 5.97 Å². The summed E-state index contributed by atoms with van der Waals surface area (Å²) in [4.78, 5) is 10.2. The van der Waals surface area contributed by atoms with Gasteiger partial charge in [-0.05, 0) is 12.8 Å². The van der Waals surface area contributed by atoms with Crippen LogP contribution in [0.4, 0.5) is 0 Å². The molecule has 0 aliphatic carbocycles. The number of aliphatic carboxylic acids is 1. The first kappa shape index (κ1) is 9.69. The largest absolute Gasteiger partial charge is 0.478 e. The van der Waals surface area contributed by atoms with E-state index >= 15 is 0 Å². The number of hydrogen-bond donors (Lipinski definition) is 1. The SMILES string of the molecule is C=CCC(=CC(=O)O)CC=C. The minimum absolute atomic E-state index is 0.609. The summed E-state index contributed by atoms with van der Waals surface area (Å²) in [6.07, 6.45) is 5.77. The highest BCUT2D eigenvalue weighted by molar-refractivity contribution is 5.80. The molecule has 0 aromatic rings. The van der Waals surface area contributed by atoms with Gasteiger partial charge in [0, 0.05) is 6.08 Å². The van der Waals surface area contributed by atoms with Crippen molar-refractivity contribution in [2.24, 2.45) is 0 Å². The van der Waals surface area contributed by atoms with E-state index in [1.165, 1.54) is 6.08 Å². The van der Waals surface area contributed by atoms with Crippen molar-refractivity contribution in [1.29, 1.82) is 0 Å². The van der Waals surface area contributed by atoms with Gasteiger partial charge in [-0.3, -0.25) is 0 Å². The van der Waals surface area contributed by atoms with Crippen molar-refractivity contribution in [3.05, 3.63) is 37.0 Å². The van der Waals surface area contributed by atoms with Gasteiger partial charge in [0.1, 0.15) is 0 Å². The Balaban J connectivity index is 4.17. The maximum absolute atomic E-state index is 10.2. The van der Waals surface area contributed by atoms with Crippen LogP contribution in [0.3, 0.4) is 0 Å². The van der Waals surface area contributed by atoms with Crippen molar-refractivity contribution in [3.63, 3.8) is 0 Å². The summed E-state index contributed by atoms with van der Waals surface area (Å²) in [6, 6.07) is 0. The zero-order chi connectivity index (χ0) is 8.69. The minimum atomic E-state index is -0.913. The van der Waals surface area contributed by atoms with E-state index in [4.69, 9.17) is 5.11 Å². The molecule has 0 saturated carbocycles. The second-order valence-electron chi connectivity index (χ2n) is 2.13. The fraction of sp³-hybridized carbons (Fsp3) is 0.222. The van der Waals surface area contributed by atoms with Gasteiger partial charge in [0.25, 0.3) is 0 Å². The zero-order valence-electron chi connectivity index (χ0n) is 6.42. The molecule has 0 amide bonds. The van der Waals surface area contributed by atoms with E-state index in [0.717, 1.165) is 5.57 Å². The van der Waals surface area contributed by atoms with Gasteiger partial charge in [-0.25, -0.2) is 4.79 Å². The molecular weight excluding hydrogens is 140 g/mol. The van der Waals surface area contributed by atoms with Crippen LogP contribution in [0.15, 0.2) is 37.0 Å². The molecular formula is C9H12O2. The number of carboxylic acids is 1. The summed E-state index contributed by atoms with van der Waals surface area (Å²) in [5.41, 5.74) is 0.822. The molecule has 0 bridgehead atoms. The summed E-state index contributed by atoms with van der Waals surface area (Å²) >= 11 is 0. The number of rotatable bonds is 5. The van der Waals surface area contributed by atoms with Gasteiger partial charge in [-0.1, -0.05) is 17.7 Å². The number of allylic oxidation sites excluding steroid dienone is 3.